The molecule has 2 aromatic carbocycles. The molecule has 1 heterocycles. The number of anilines is 3. The minimum atomic E-state index is -0.147. The molecule has 2 aliphatic rings. The fourth-order valence-corrected chi connectivity index (χ4v) is 3.43. The third-order valence-corrected chi connectivity index (χ3v) is 5.19. The monoisotopic (exact) mass is 363 g/mol. The van der Waals surface area contributed by atoms with E-state index in [-0.39, 0.29) is 17.7 Å². The van der Waals surface area contributed by atoms with Crippen molar-refractivity contribution in [2.45, 2.75) is 32.1 Å². The average Bonchev–Trinajstić information content (AvgIpc) is 3.55. The number of carbonyl (C=O) groups excluding carboxylic acids is 2. The van der Waals surface area contributed by atoms with Crippen molar-refractivity contribution >= 4 is 28.9 Å². The fourth-order valence-electron chi connectivity index (χ4n) is 3.43. The van der Waals surface area contributed by atoms with Gasteiger partial charge in [-0.2, -0.15) is 0 Å². The van der Waals surface area contributed by atoms with Crippen LogP contribution in [0.15, 0.2) is 48.5 Å². The van der Waals surface area contributed by atoms with E-state index in [4.69, 9.17) is 0 Å². The van der Waals surface area contributed by atoms with E-state index >= 15 is 0 Å². The summed E-state index contributed by atoms with van der Waals surface area (Å²) >= 11 is 0. The maximum atomic E-state index is 12.5. The molecule has 5 heteroatoms. The van der Waals surface area contributed by atoms with E-state index in [1.807, 2.05) is 18.2 Å². The van der Waals surface area contributed by atoms with Crippen molar-refractivity contribution in [1.82, 2.24) is 0 Å². The quantitative estimate of drug-likeness (QED) is 0.834. The summed E-state index contributed by atoms with van der Waals surface area (Å²) in [5.41, 5.74) is 3.26. The Kier molecular flexibility index (Phi) is 5.10. The number of hydrogen-bond acceptors (Lipinski definition) is 3. The second-order valence-corrected chi connectivity index (χ2v) is 7.39. The molecule has 27 heavy (non-hydrogen) atoms. The first kappa shape index (κ1) is 17.6. The van der Waals surface area contributed by atoms with Crippen LogP contribution >= 0.6 is 0 Å². The number of rotatable bonds is 5. The summed E-state index contributed by atoms with van der Waals surface area (Å²) in [6, 6.07) is 15.1. The Balaban J connectivity index is 1.39. The van der Waals surface area contributed by atoms with Crippen molar-refractivity contribution in [3.8, 4) is 0 Å². The number of nitrogens with one attached hydrogen (secondary N) is 2. The second-order valence-electron chi connectivity index (χ2n) is 7.39. The molecule has 5 nitrogen and oxygen atoms in total. The molecule has 1 aliphatic carbocycles. The van der Waals surface area contributed by atoms with Crippen LogP contribution < -0.4 is 15.5 Å². The van der Waals surface area contributed by atoms with E-state index in [0.29, 0.717) is 5.56 Å². The van der Waals surface area contributed by atoms with Crippen LogP contribution in [0.25, 0.3) is 0 Å². The summed E-state index contributed by atoms with van der Waals surface area (Å²) in [5, 5.41) is 5.86. The lowest BCUT2D eigenvalue weighted by molar-refractivity contribution is -0.117. The first-order valence-electron chi connectivity index (χ1n) is 9.76. The fraction of sp³-hybridized carbons (Fsp3) is 0.364. The van der Waals surface area contributed by atoms with Crippen molar-refractivity contribution in [2.75, 3.05) is 28.6 Å². The highest BCUT2D eigenvalue weighted by molar-refractivity contribution is 6.05. The number of amides is 2. The van der Waals surface area contributed by atoms with Gasteiger partial charge in [-0.1, -0.05) is 6.07 Å². The number of benzene rings is 2. The van der Waals surface area contributed by atoms with Gasteiger partial charge in [-0.15, -0.1) is 0 Å². The summed E-state index contributed by atoms with van der Waals surface area (Å²) < 4.78 is 0. The van der Waals surface area contributed by atoms with Gasteiger partial charge in [0.1, 0.15) is 0 Å². The van der Waals surface area contributed by atoms with Gasteiger partial charge >= 0.3 is 0 Å². The molecule has 0 bridgehead atoms. The third-order valence-electron chi connectivity index (χ3n) is 5.19. The third kappa shape index (κ3) is 4.48. The van der Waals surface area contributed by atoms with E-state index in [1.165, 1.54) is 19.3 Å². The number of hydrogen-bond donors (Lipinski definition) is 2. The lowest BCUT2D eigenvalue weighted by Gasteiger charge is -2.29. The summed E-state index contributed by atoms with van der Waals surface area (Å²) in [6.45, 7) is 2.15. The lowest BCUT2D eigenvalue weighted by Crippen LogP contribution is -2.29. The molecule has 140 valence electrons. The summed E-state index contributed by atoms with van der Waals surface area (Å²) in [4.78, 5) is 26.7. The van der Waals surface area contributed by atoms with Crippen LogP contribution in [0.4, 0.5) is 17.1 Å². The van der Waals surface area contributed by atoms with Crippen LogP contribution in [-0.4, -0.2) is 24.9 Å². The van der Waals surface area contributed by atoms with E-state index in [2.05, 4.69) is 21.6 Å². The molecular weight excluding hydrogens is 338 g/mol. The van der Waals surface area contributed by atoms with Crippen LogP contribution in [0.1, 0.15) is 42.5 Å². The first-order valence-corrected chi connectivity index (χ1v) is 9.76. The largest absolute Gasteiger partial charge is 0.371 e. The smallest absolute Gasteiger partial charge is 0.255 e. The standard InChI is InChI=1S/C22H25N3O2/c26-21(16-7-8-16)23-18-11-9-17(10-12-18)22(27)24-19-5-4-6-20(15-19)25-13-2-1-3-14-25/h4-6,9-12,15-16H,1-3,7-8,13-14H2,(H,23,26)(H,24,27). The molecule has 0 atom stereocenters. The molecule has 0 unspecified atom stereocenters. The van der Waals surface area contributed by atoms with Gasteiger partial charge < -0.3 is 15.5 Å². The minimum Gasteiger partial charge on any atom is -0.371 e. The minimum absolute atomic E-state index is 0.0710. The molecule has 1 saturated heterocycles. The van der Waals surface area contributed by atoms with Gasteiger partial charge in [0.15, 0.2) is 0 Å². The zero-order valence-electron chi connectivity index (χ0n) is 15.4. The molecule has 2 fully saturated rings. The van der Waals surface area contributed by atoms with Crippen molar-refractivity contribution in [2.24, 2.45) is 5.92 Å². The summed E-state index contributed by atoms with van der Waals surface area (Å²) in [6.07, 6.45) is 5.69. The molecule has 1 saturated carbocycles. The highest BCUT2D eigenvalue weighted by Gasteiger charge is 2.29. The molecular formula is C22H25N3O2. The van der Waals surface area contributed by atoms with Gasteiger partial charge in [-0.3, -0.25) is 9.59 Å². The van der Waals surface area contributed by atoms with E-state index in [1.54, 1.807) is 24.3 Å². The Morgan fingerprint density at radius 3 is 2.30 bits per heavy atom. The van der Waals surface area contributed by atoms with Crippen LogP contribution in [0.5, 0.6) is 0 Å². The van der Waals surface area contributed by atoms with E-state index in [9.17, 15) is 9.59 Å². The predicted molar refractivity (Wildman–Crippen MR) is 108 cm³/mol. The molecule has 2 aromatic rings. The van der Waals surface area contributed by atoms with Crippen LogP contribution in [0.2, 0.25) is 0 Å². The van der Waals surface area contributed by atoms with Crippen molar-refractivity contribution in [3.63, 3.8) is 0 Å². The van der Waals surface area contributed by atoms with Crippen LogP contribution in [0.3, 0.4) is 0 Å². The summed E-state index contributed by atoms with van der Waals surface area (Å²) in [5.74, 6) is 0.0905. The second kappa shape index (κ2) is 7.82. The summed E-state index contributed by atoms with van der Waals surface area (Å²) in [7, 11) is 0. The van der Waals surface area contributed by atoms with Gasteiger partial charge in [0.05, 0.1) is 0 Å². The van der Waals surface area contributed by atoms with Gasteiger partial charge in [0.25, 0.3) is 5.91 Å². The molecule has 1 aliphatic heterocycles. The molecule has 4 rings (SSSR count). The Morgan fingerprint density at radius 2 is 1.59 bits per heavy atom. The molecule has 2 amide bonds. The maximum Gasteiger partial charge on any atom is 0.255 e. The molecule has 0 radical (unpaired) electrons. The highest BCUT2D eigenvalue weighted by atomic mass is 16.2. The number of carbonyl (C=O) groups is 2. The predicted octanol–water partition coefficient (Wildman–Crippen LogP) is 4.28. The lowest BCUT2D eigenvalue weighted by atomic mass is 10.1. The van der Waals surface area contributed by atoms with E-state index < -0.39 is 0 Å². The van der Waals surface area contributed by atoms with Crippen molar-refractivity contribution in [1.29, 1.82) is 0 Å². The Morgan fingerprint density at radius 1 is 0.852 bits per heavy atom. The molecule has 0 spiro atoms. The van der Waals surface area contributed by atoms with Gasteiger partial charge in [0, 0.05) is 41.6 Å². The van der Waals surface area contributed by atoms with Crippen LogP contribution in [-0.2, 0) is 4.79 Å². The Bertz CT molecular complexity index is 822. The normalized spacial score (nSPS) is 16.7. The average molecular weight is 363 g/mol. The van der Waals surface area contributed by atoms with Gasteiger partial charge in [-0.25, -0.2) is 0 Å². The number of piperidine rings is 1. The van der Waals surface area contributed by atoms with E-state index in [0.717, 1.165) is 43.0 Å². The highest BCUT2D eigenvalue weighted by Crippen LogP contribution is 2.30. The maximum absolute atomic E-state index is 12.5. The topological polar surface area (TPSA) is 61.4 Å². The molecule has 0 aromatic heterocycles. The zero-order chi connectivity index (χ0) is 18.6. The first-order chi connectivity index (χ1) is 13.2. The Labute approximate surface area is 159 Å². The van der Waals surface area contributed by atoms with Crippen molar-refractivity contribution < 1.29 is 9.59 Å². The Hall–Kier alpha value is -2.82. The number of nitrogens with zero attached hydrogens (tertiary/aromatic N) is 1. The van der Waals surface area contributed by atoms with Gasteiger partial charge in [0.2, 0.25) is 5.91 Å². The zero-order valence-corrected chi connectivity index (χ0v) is 15.4. The van der Waals surface area contributed by atoms with Crippen LogP contribution in [0, 0.1) is 5.92 Å². The SMILES string of the molecule is O=C(Nc1cccc(N2CCCCC2)c1)c1ccc(NC(=O)C2CC2)cc1. The molecule has 2 N–H and O–H groups in total. The van der Waals surface area contributed by atoms with Gasteiger partial charge in [-0.05, 0) is 74.6 Å². The van der Waals surface area contributed by atoms with Crippen molar-refractivity contribution in [3.05, 3.63) is 54.1 Å².